The van der Waals surface area contributed by atoms with E-state index < -0.39 is 5.76 Å². The van der Waals surface area contributed by atoms with Gasteiger partial charge in [-0.2, -0.15) is 4.98 Å². The maximum Gasteiger partial charge on any atom is 0.439 e. The van der Waals surface area contributed by atoms with Gasteiger partial charge in [0.25, 0.3) is 0 Å². The van der Waals surface area contributed by atoms with Crippen LogP contribution in [0.25, 0.3) is 22.8 Å². The van der Waals surface area contributed by atoms with Gasteiger partial charge in [0.15, 0.2) is 11.5 Å². The van der Waals surface area contributed by atoms with Crippen LogP contribution >= 0.6 is 0 Å². The van der Waals surface area contributed by atoms with Crippen LogP contribution in [-0.2, 0) is 11.3 Å². The highest BCUT2D eigenvalue weighted by Crippen LogP contribution is 2.35. The van der Waals surface area contributed by atoms with Crippen molar-refractivity contribution >= 4 is 22.9 Å². The lowest BCUT2D eigenvalue weighted by molar-refractivity contribution is 0.121. The molecule has 5 heterocycles. The first-order valence-electron chi connectivity index (χ1n) is 15.7. The van der Waals surface area contributed by atoms with Crippen LogP contribution < -0.4 is 15.6 Å². The number of imidazole rings is 1. The summed E-state index contributed by atoms with van der Waals surface area (Å²) in [4.78, 5) is 33.2. The number of hydrogen-bond donors (Lipinski definition) is 1. The summed E-state index contributed by atoms with van der Waals surface area (Å²) in [5.41, 5.74) is 1.62. The maximum absolute atomic E-state index is 11.5. The Morgan fingerprint density at radius 2 is 1.40 bits per heavy atom. The number of anilines is 2. The average molecular weight is 575 g/mol. The Morgan fingerprint density at radius 3 is 1.95 bits per heavy atom. The third-order valence-electron chi connectivity index (χ3n) is 8.50. The molecule has 0 spiro atoms. The molecule has 8 rings (SSSR count). The monoisotopic (exact) mass is 574 g/mol. The van der Waals surface area contributed by atoms with Crippen LogP contribution in [0.2, 0.25) is 0 Å². The number of rotatable bonds is 5. The Kier molecular flexibility index (Phi) is 9.43. The minimum atomic E-state index is -0.619. The molecule has 0 atom stereocenters. The molecule has 0 amide bonds. The Balaban J connectivity index is 0.000000267. The normalized spacial score (nSPS) is 18.8. The van der Waals surface area contributed by atoms with Crippen molar-refractivity contribution in [1.82, 2.24) is 29.7 Å². The van der Waals surface area contributed by atoms with Crippen LogP contribution in [0, 0.1) is 5.92 Å². The van der Waals surface area contributed by atoms with Gasteiger partial charge < -0.3 is 19.1 Å². The Hall–Kier alpha value is -3.73. The summed E-state index contributed by atoms with van der Waals surface area (Å²) >= 11 is 0. The fraction of sp³-hybridized carbons (Fsp3) is 0.581. The third kappa shape index (κ3) is 6.83. The number of ether oxygens (including phenoxy) is 1. The third-order valence-corrected chi connectivity index (χ3v) is 8.50. The molecule has 224 valence electrons. The molecule has 2 aliphatic heterocycles. The van der Waals surface area contributed by atoms with Gasteiger partial charge in [-0.1, -0.05) is 86.5 Å². The average Bonchev–Trinajstić information content (AvgIpc) is 3.57. The summed E-state index contributed by atoms with van der Waals surface area (Å²) in [5.74, 6) is 2.39. The van der Waals surface area contributed by atoms with Crippen LogP contribution in [0.5, 0.6) is 0 Å². The Bertz CT molecular complexity index is 1420. The number of benzene rings is 1. The minimum absolute atomic E-state index is 0.230. The van der Waals surface area contributed by atoms with E-state index in [0.717, 1.165) is 56.4 Å². The van der Waals surface area contributed by atoms with Gasteiger partial charge in [0.1, 0.15) is 5.52 Å². The van der Waals surface area contributed by atoms with Gasteiger partial charge in [-0.05, 0) is 25.2 Å². The number of fused-ring (bicyclic) bond motifs is 1. The zero-order valence-electron chi connectivity index (χ0n) is 24.4. The van der Waals surface area contributed by atoms with Gasteiger partial charge in [0.05, 0.1) is 13.2 Å². The number of aromatic nitrogens is 6. The molecule has 0 bridgehead atoms. The van der Waals surface area contributed by atoms with Crippen LogP contribution in [0.1, 0.15) is 64.2 Å². The second-order valence-electron chi connectivity index (χ2n) is 11.5. The zero-order valence-corrected chi connectivity index (χ0v) is 24.4. The first kappa shape index (κ1) is 28.4. The summed E-state index contributed by atoms with van der Waals surface area (Å²) in [6, 6.07) is 12.0. The zero-order chi connectivity index (χ0) is 28.6. The molecule has 2 saturated carbocycles. The molecule has 11 nitrogen and oxygen atoms in total. The molecule has 11 heteroatoms. The standard InChI is InChI=1S/C21H28N8O3.C6H6.C4H8/c30-21-25-18(26-32-21)17-22-16-15(19(23-17)27-7-4-8-27)29(13-14-5-2-1-3-6-14)20(24-16)28-9-11-31-12-10-28;1-2-4-6-5-3-1;1-2-4-3-1/h14H,1-13H2,(H,25,26,30);1-6H;1-4H2. The first-order valence-corrected chi connectivity index (χ1v) is 15.7. The number of nitrogens with zero attached hydrogens (tertiary/aromatic N) is 7. The van der Waals surface area contributed by atoms with Crippen molar-refractivity contribution in [2.24, 2.45) is 5.92 Å². The van der Waals surface area contributed by atoms with E-state index >= 15 is 0 Å². The van der Waals surface area contributed by atoms with Crippen molar-refractivity contribution < 1.29 is 9.26 Å². The fourth-order valence-electron chi connectivity index (χ4n) is 5.63. The van der Waals surface area contributed by atoms with E-state index in [2.05, 4.69) is 24.5 Å². The molecule has 1 aromatic carbocycles. The van der Waals surface area contributed by atoms with Crippen LogP contribution in [-0.4, -0.2) is 69.1 Å². The Labute approximate surface area is 246 Å². The fourth-order valence-corrected chi connectivity index (χ4v) is 5.63. The molecule has 2 saturated heterocycles. The lowest BCUT2D eigenvalue weighted by atomic mass is 9.89. The van der Waals surface area contributed by atoms with Gasteiger partial charge in [-0.3, -0.25) is 9.51 Å². The lowest BCUT2D eigenvalue weighted by Crippen LogP contribution is -2.39. The van der Waals surface area contributed by atoms with Crippen molar-refractivity contribution in [3.63, 3.8) is 0 Å². The highest BCUT2D eigenvalue weighted by atomic mass is 16.5. The highest BCUT2D eigenvalue weighted by molar-refractivity contribution is 5.88. The van der Waals surface area contributed by atoms with Crippen LogP contribution in [0.4, 0.5) is 11.8 Å². The molecule has 2 aliphatic carbocycles. The summed E-state index contributed by atoms with van der Waals surface area (Å²) in [6.07, 6.45) is 13.6. The molecule has 42 heavy (non-hydrogen) atoms. The van der Waals surface area contributed by atoms with Gasteiger partial charge in [0.2, 0.25) is 17.6 Å². The summed E-state index contributed by atoms with van der Waals surface area (Å²) in [6.45, 7) is 5.83. The first-order chi connectivity index (χ1) is 20.8. The van der Waals surface area contributed by atoms with Gasteiger partial charge >= 0.3 is 5.76 Å². The number of morpholine rings is 1. The molecular formula is C31H42N8O3. The van der Waals surface area contributed by atoms with Gasteiger partial charge in [0, 0.05) is 32.7 Å². The SMILES string of the molecule is C1CCC1.O=c1[nH]c(-c2nc(N3CCC3)c3c(n2)nc(N2CCOCC2)n3CC2CCCCC2)no1.c1ccccc1. The lowest BCUT2D eigenvalue weighted by Gasteiger charge is -2.33. The van der Waals surface area contributed by atoms with Crippen LogP contribution in [0.15, 0.2) is 45.7 Å². The van der Waals surface area contributed by atoms with Crippen molar-refractivity contribution in [2.75, 3.05) is 49.2 Å². The smallest absolute Gasteiger partial charge is 0.378 e. The van der Waals surface area contributed by atoms with Crippen molar-refractivity contribution in [3.8, 4) is 11.6 Å². The summed E-state index contributed by atoms with van der Waals surface area (Å²) < 4.78 is 12.6. The van der Waals surface area contributed by atoms with E-state index in [1.807, 2.05) is 36.4 Å². The van der Waals surface area contributed by atoms with Crippen molar-refractivity contribution in [2.45, 2.75) is 70.8 Å². The maximum atomic E-state index is 11.5. The molecule has 4 aromatic rings. The highest BCUT2D eigenvalue weighted by Gasteiger charge is 2.29. The predicted molar refractivity (Wildman–Crippen MR) is 163 cm³/mol. The molecule has 1 N–H and O–H groups in total. The number of hydrogen-bond acceptors (Lipinski definition) is 9. The van der Waals surface area contributed by atoms with E-state index in [1.54, 1.807) is 0 Å². The quantitative estimate of drug-likeness (QED) is 0.350. The molecule has 4 aliphatic rings. The molecule has 3 aromatic heterocycles. The van der Waals surface area contributed by atoms with Gasteiger partial charge in [-0.25, -0.2) is 14.8 Å². The van der Waals surface area contributed by atoms with E-state index in [-0.39, 0.29) is 5.82 Å². The second kappa shape index (κ2) is 14.0. The number of aromatic amines is 1. The van der Waals surface area contributed by atoms with Crippen LogP contribution in [0.3, 0.4) is 0 Å². The molecule has 0 radical (unpaired) electrons. The second-order valence-corrected chi connectivity index (χ2v) is 11.5. The number of H-pyrrole nitrogens is 1. The largest absolute Gasteiger partial charge is 0.439 e. The molecular weight excluding hydrogens is 532 g/mol. The topological polar surface area (TPSA) is 118 Å². The van der Waals surface area contributed by atoms with E-state index in [4.69, 9.17) is 24.2 Å². The van der Waals surface area contributed by atoms with Gasteiger partial charge in [-0.15, -0.1) is 0 Å². The van der Waals surface area contributed by atoms with Crippen molar-refractivity contribution in [1.29, 1.82) is 0 Å². The summed E-state index contributed by atoms with van der Waals surface area (Å²) in [7, 11) is 0. The number of nitrogens with one attached hydrogen (secondary N) is 1. The summed E-state index contributed by atoms with van der Waals surface area (Å²) in [5, 5.41) is 3.80. The minimum Gasteiger partial charge on any atom is -0.378 e. The predicted octanol–water partition coefficient (Wildman–Crippen LogP) is 5.04. The van der Waals surface area contributed by atoms with Crippen molar-refractivity contribution in [3.05, 3.63) is 46.9 Å². The van der Waals surface area contributed by atoms with E-state index in [0.29, 0.717) is 30.6 Å². The van der Waals surface area contributed by atoms with E-state index in [9.17, 15) is 4.79 Å². The van der Waals surface area contributed by atoms with E-state index in [1.165, 1.54) is 57.8 Å². The molecule has 4 fully saturated rings. The molecule has 0 unspecified atom stereocenters. The Morgan fingerprint density at radius 1 is 0.762 bits per heavy atom.